The average molecular weight is 620 g/mol. The van der Waals surface area contributed by atoms with E-state index in [1.54, 1.807) is 13.0 Å². The van der Waals surface area contributed by atoms with Gasteiger partial charge in [-0.1, -0.05) is 18.2 Å². The maximum absolute atomic E-state index is 13.8. The highest BCUT2D eigenvalue weighted by molar-refractivity contribution is 7.13. The lowest BCUT2D eigenvalue weighted by Crippen LogP contribution is -2.48. The third kappa shape index (κ3) is 7.77. The molecule has 2 fully saturated rings. The van der Waals surface area contributed by atoms with E-state index in [0.717, 1.165) is 42.1 Å². The molecule has 42 heavy (non-hydrogen) atoms. The van der Waals surface area contributed by atoms with Gasteiger partial charge in [0.05, 0.1) is 17.3 Å². The fourth-order valence-electron chi connectivity index (χ4n) is 4.36. The number of carbonyl (C=O) groups is 3. The number of hydrogen-bond acceptors (Lipinski definition) is 8. The predicted octanol–water partition coefficient (Wildman–Crippen LogP) is 4.78. The van der Waals surface area contributed by atoms with Crippen molar-refractivity contribution in [3.05, 3.63) is 63.5 Å². The highest BCUT2D eigenvalue weighted by atomic mass is 35.5. The highest BCUT2D eigenvalue weighted by Gasteiger charge is 2.34. The number of carbonyl (C=O) groups excluding carboxylic acids is 3. The molecule has 1 saturated carbocycles. The third-order valence-electron chi connectivity index (χ3n) is 6.86. The number of amides is 3. The van der Waals surface area contributed by atoms with Crippen LogP contribution in [0, 0.1) is 5.92 Å². The first-order valence-electron chi connectivity index (χ1n) is 13.4. The van der Waals surface area contributed by atoms with Crippen molar-refractivity contribution in [2.75, 3.05) is 31.5 Å². The van der Waals surface area contributed by atoms with Crippen molar-refractivity contribution in [1.29, 1.82) is 0 Å². The van der Waals surface area contributed by atoms with Crippen LogP contribution in [0.5, 0.6) is 0 Å². The molecule has 0 bridgehead atoms. The number of halogens is 3. The summed E-state index contributed by atoms with van der Waals surface area (Å²) in [5.41, 5.74) is 0.533. The SMILES string of the molecule is C=C/N=C(\C=C(/C)N1CCN(C(=O)C2CC2)CC1)C(=O)NC(C)c1ncc(C(=O)Nc2cc(C(C)(F)F)c(Cl)cn2)s1. The van der Waals surface area contributed by atoms with Crippen molar-refractivity contribution in [2.24, 2.45) is 10.9 Å². The number of pyridine rings is 1. The third-order valence-corrected chi connectivity index (χ3v) is 8.34. The number of piperazine rings is 1. The zero-order valence-corrected chi connectivity index (χ0v) is 25.1. The minimum absolute atomic E-state index is 0.0828. The summed E-state index contributed by atoms with van der Waals surface area (Å²) in [4.78, 5) is 54.6. The Morgan fingerprint density at radius 3 is 2.48 bits per heavy atom. The number of aromatic nitrogens is 2. The Morgan fingerprint density at radius 2 is 1.86 bits per heavy atom. The second-order valence-electron chi connectivity index (χ2n) is 10.2. The molecule has 2 N–H and O–H groups in total. The van der Waals surface area contributed by atoms with Crippen molar-refractivity contribution < 1.29 is 23.2 Å². The Morgan fingerprint density at radius 1 is 1.19 bits per heavy atom. The van der Waals surface area contributed by atoms with Gasteiger partial charge in [0.15, 0.2) is 0 Å². The molecule has 0 spiro atoms. The molecule has 3 amide bonds. The molecule has 1 aliphatic heterocycles. The summed E-state index contributed by atoms with van der Waals surface area (Å²) in [5, 5.41) is 5.55. The Labute approximate surface area is 251 Å². The van der Waals surface area contributed by atoms with Crippen LogP contribution in [0.1, 0.15) is 59.9 Å². The van der Waals surface area contributed by atoms with Crippen LogP contribution in [-0.2, 0) is 15.5 Å². The monoisotopic (exact) mass is 619 g/mol. The largest absolute Gasteiger partial charge is 0.371 e. The minimum atomic E-state index is -3.21. The Kier molecular flexibility index (Phi) is 9.72. The molecule has 2 aromatic heterocycles. The van der Waals surface area contributed by atoms with Crippen LogP contribution in [0.15, 0.2) is 48.0 Å². The summed E-state index contributed by atoms with van der Waals surface area (Å²) in [7, 11) is 0. The lowest BCUT2D eigenvalue weighted by Gasteiger charge is -2.36. The van der Waals surface area contributed by atoms with Crippen molar-refractivity contribution >= 4 is 52.2 Å². The van der Waals surface area contributed by atoms with E-state index in [4.69, 9.17) is 11.6 Å². The molecule has 1 saturated heterocycles. The number of allylic oxidation sites excluding steroid dienone is 1. The molecular weight excluding hydrogens is 588 g/mol. The number of alkyl halides is 2. The van der Waals surface area contributed by atoms with Crippen LogP contribution in [-0.4, -0.2) is 69.4 Å². The zero-order valence-electron chi connectivity index (χ0n) is 23.5. The molecular formula is C28H32ClF2N7O3S. The number of nitrogens with one attached hydrogen (secondary N) is 2. The zero-order chi connectivity index (χ0) is 30.6. The first-order chi connectivity index (χ1) is 19.9. The average Bonchev–Trinajstić information content (AvgIpc) is 3.68. The van der Waals surface area contributed by atoms with Crippen molar-refractivity contribution in [3.8, 4) is 0 Å². The van der Waals surface area contributed by atoms with Gasteiger partial charge in [0.25, 0.3) is 17.7 Å². The topological polar surface area (TPSA) is 120 Å². The summed E-state index contributed by atoms with van der Waals surface area (Å²) in [6.45, 7) is 10.5. The number of nitrogens with zero attached hydrogens (tertiary/aromatic N) is 5. The minimum Gasteiger partial charge on any atom is -0.371 e. The number of aliphatic imine (C=N–C) groups is 1. The summed E-state index contributed by atoms with van der Waals surface area (Å²) in [5.74, 6) is -3.91. The van der Waals surface area contributed by atoms with Gasteiger partial charge in [0, 0.05) is 62.7 Å². The molecule has 224 valence electrons. The standard InChI is InChI=1S/C28H32ClF2N7O3S/c1-5-32-21(12-16(2)37-8-10-38(11-9-37)27(41)18-6-7-18)24(39)35-17(3)26-34-15-22(42-26)25(40)36-23-13-19(28(4,30)31)20(29)14-33-23/h5,12-15,17-18H,1,6-11H2,2-4H3,(H,35,39)(H,33,36,40)/b16-12+,32-21+. The van der Waals surface area contributed by atoms with E-state index in [9.17, 15) is 23.2 Å². The van der Waals surface area contributed by atoms with Gasteiger partial charge in [-0.15, -0.1) is 11.3 Å². The number of rotatable bonds is 10. The van der Waals surface area contributed by atoms with Crippen molar-refractivity contribution in [3.63, 3.8) is 0 Å². The molecule has 10 nitrogen and oxygen atoms in total. The van der Waals surface area contributed by atoms with Gasteiger partial charge in [-0.25, -0.2) is 18.7 Å². The van der Waals surface area contributed by atoms with Crippen LogP contribution < -0.4 is 10.6 Å². The Balaban J connectivity index is 1.36. The second-order valence-corrected chi connectivity index (χ2v) is 11.7. The van der Waals surface area contributed by atoms with E-state index in [-0.39, 0.29) is 33.3 Å². The Hall–Kier alpha value is -3.71. The van der Waals surface area contributed by atoms with Gasteiger partial charge in [-0.3, -0.25) is 19.4 Å². The van der Waals surface area contributed by atoms with Crippen LogP contribution in [0.25, 0.3) is 0 Å². The predicted molar refractivity (Wildman–Crippen MR) is 158 cm³/mol. The van der Waals surface area contributed by atoms with Crippen molar-refractivity contribution in [2.45, 2.75) is 45.6 Å². The highest BCUT2D eigenvalue weighted by Crippen LogP contribution is 2.34. The van der Waals surface area contributed by atoms with E-state index in [2.05, 4.69) is 37.1 Å². The smallest absolute Gasteiger partial charge is 0.272 e. The summed E-state index contributed by atoms with van der Waals surface area (Å²) in [6.07, 6.45) is 7.30. The van der Waals surface area contributed by atoms with E-state index >= 15 is 0 Å². The Bertz CT molecular complexity index is 1430. The van der Waals surface area contributed by atoms with E-state index < -0.39 is 29.3 Å². The fraction of sp³-hybridized carbons (Fsp3) is 0.429. The molecule has 2 aromatic rings. The van der Waals surface area contributed by atoms with Crippen LogP contribution in [0.3, 0.4) is 0 Å². The quantitative estimate of drug-likeness (QED) is 0.370. The first kappa shape index (κ1) is 31.2. The normalized spacial score (nSPS) is 17.1. The number of anilines is 1. The van der Waals surface area contributed by atoms with E-state index in [0.29, 0.717) is 38.1 Å². The maximum atomic E-state index is 13.8. The lowest BCUT2D eigenvalue weighted by atomic mass is 10.1. The maximum Gasteiger partial charge on any atom is 0.272 e. The molecule has 2 aliphatic rings. The molecule has 0 aromatic carbocycles. The second kappa shape index (κ2) is 13.1. The van der Waals surface area contributed by atoms with Gasteiger partial charge in [0.2, 0.25) is 5.91 Å². The number of hydrogen-bond donors (Lipinski definition) is 2. The lowest BCUT2D eigenvalue weighted by molar-refractivity contribution is -0.134. The molecule has 1 atom stereocenters. The molecule has 3 heterocycles. The van der Waals surface area contributed by atoms with E-state index in [1.807, 2.05) is 11.8 Å². The molecule has 1 aliphatic carbocycles. The molecule has 4 rings (SSSR count). The number of thiazole rings is 1. The van der Waals surface area contributed by atoms with Gasteiger partial charge >= 0.3 is 0 Å². The van der Waals surface area contributed by atoms with E-state index in [1.165, 1.54) is 12.4 Å². The van der Waals surface area contributed by atoms with Crippen LogP contribution in [0.4, 0.5) is 14.6 Å². The molecule has 1 unspecified atom stereocenters. The van der Waals surface area contributed by atoms with Gasteiger partial charge in [0.1, 0.15) is 21.4 Å². The summed E-state index contributed by atoms with van der Waals surface area (Å²) in [6, 6.07) is 0.456. The van der Waals surface area contributed by atoms with Gasteiger partial charge in [-0.2, -0.15) is 0 Å². The van der Waals surface area contributed by atoms with Gasteiger partial charge < -0.3 is 20.4 Å². The summed E-state index contributed by atoms with van der Waals surface area (Å²) >= 11 is 6.86. The van der Waals surface area contributed by atoms with Gasteiger partial charge in [-0.05, 0) is 38.8 Å². The molecule has 14 heteroatoms. The van der Waals surface area contributed by atoms with Crippen LogP contribution in [0.2, 0.25) is 5.02 Å². The fourth-order valence-corrected chi connectivity index (χ4v) is 5.45. The van der Waals surface area contributed by atoms with Crippen LogP contribution >= 0.6 is 22.9 Å². The molecule has 0 radical (unpaired) electrons. The van der Waals surface area contributed by atoms with Crippen molar-refractivity contribution in [1.82, 2.24) is 25.1 Å². The summed E-state index contributed by atoms with van der Waals surface area (Å²) < 4.78 is 27.6. The first-order valence-corrected chi connectivity index (χ1v) is 14.6.